The van der Waals surface area contributed by atoms with Gasteiger partial charge in [-0.15, -0.1) is 11.3 Å². The Morgan fingerprint density at radius 2 is 1.90 bits per heavy atom. The van der Waals surface area contributed by atoms with Gasteiger partial charge in [0.05, 0.1) is 31.1 Å². The van der Waals surface area contributed by atoms with Crippen molar-refractivity contribution in [1.82, 2.24) is 15.6 Å². The second-order valence-corrected chi connectivity index (χ2v) is 12.7. The fraction of sp³-hybridized carbons (Fsp3) is 0.400. The van der Waals surface area contributed by atoms with Gasteiger partial charge in [0.1, 0.15) is 11.3 Å². The van der Waals surface area contributed by atoms with E-state index in [1.54, 1.807) is 29.7 Å². The van der Waals surface area contributed by atoms with Gasteiger partial charge in [0, 0.05) is 66.1 Å². The second-order valence-electron chi connectivity index (χ2n) is 11.9. The lowest BCUT2D eigenvalue weighted by atomic mass is 9.90. The van der Waals surface area contributed by atoms with Gasteiger partial charge >= 0.3 is 0 Å². The number of carbonyl (C=O) groups excluding carboxylic acids is 4. The van der Waals surface area contributed by atoms with Gasteiger partial charge in [0.15, 0.2) is 11.7 Å². The molecular weight excluding hydrogens is 634 g/mol. The molecule has 4 aromatic rings. The smallest absolute Gasteiger partial charge is 0.257 e. The molecule has 13 heteroatoms. The highest BCUT2D eigenvalue weighted by molar-refractivity contribution is 7.14. The molecule has 1 unspecified atom stereocenters. The van der Waals surface area contributed by atoms with E-state index in [0.717, 1.165) is 66.1 Å². The zero-order valence-electron chi connectivity index (χ0n) is 26.6. The lowest BCUT2D eigenvalue weighted by molar-refractivity contribution is -0.134. The Balaban J connectivity index is 0.847. The van der Waals surface area contributed by atoms with Crippen molar-refractivity contribution >= 4 is 56.8 Å². The van der Waals surface area contributed by atoms with Crippen molar-refractivity contribution in [3.8, 4) is 17.0 Å². The number of anilines is 2. The molecule has 2 aromatic heterocycles. The maximum absolute atomic E-state index is 12.5. The number of fused-ring (bicyclic) bond motifs is 1. The summed E-state index contributed by atoms with van der Waals surface area (Å²) in [5, 5.41) is 12.0. The topological polar surface area (TPSA) is 152 Å². The van der Waals surface area contributed by atoms with Crippen LogP contribution in [0.5, 0.6) is 5.75 Å². The standard InChI is InChI=1S/C35H39N5O7S/c41-31(37-24-9-10-26-28(20-47-30(26)19-24)27-11-12-32(42)39-34(27)44)8-3-1-2-4-13-36-33(43)21-46-25-7-5-6-23(18-25)29-22-48-35(38-29)40-14-16-45-17-15-40/h5-7,9-10,18-20,22,27H,1-4,8,11-17,21H2,(H,36,43)(H,37,41)(H,39,42,44). The number of benzene rings is 2. The van der Waals surface area contributed by atoms with Crippen LogP contribution in [-0.4, -0.2) is 68.1 Å². The number of ether oxygens (including phenoxy) is 2. The zero-order valence-corrected chi connectivity index (χ0v) is 27.4. The Labute approximate surface area is 282 Å². The van der Waals surface area contributed by atoms with Crippen LogP contribution in [0.15, 0.2) is 58.5 Å². The molecule has 2 aromatic carbocycles. The van der Waals surface area contributed by atoms with Crippen LogP contribution in [0, 0.1) is 0 Å². The SMILES string of the molecule is O=C(COc1cccc(-c2csc(N3CCOCC3)n2)c1)NCCCCCCC(=O)Nc1ccc2c(C3CCC(=O)NC3=O)coc2c1. The van der Waals surface area contributed by atoms with E-state index < -0.39 is 5.92 Å². The number of furan rings is 1. The normalized spacial score (nSPS) is 16.5. The van der Waals surface area contributed by atoms with Crippen LogP contribution in [0.1, 0.15) is 56.4 Å². The van der Waals surface area contributed by atoms with Gasteiger partial charge in [-0.1, -0.05) is 25.0 Å². The van der Waals surface area contributed by atoms with Crippen molar-refractivity contribution in [1.29, 1.82) is 0 Å². The number of nitrogens with zero attached hydrogens (tertiary/aromatic N) is 2. The van der Waals surface area contributed by atoms with E-state index in [1.165, 1.54) is 0 Å². The molecule has 12 nitrogen and oxygen atoms in total. The first-order valence-electron chi connectivity index (χ1n) is 16.4. The predicted molar refractivity (Wildman–Crippen MR) is 182 cm³/mol. The molecule has 4 amide bonds. The minimum atomic E-state index is -0.432. The molecule has 2 aliphatic rings. The van der Waals surface area contributed by atoms with Gasteiger partial charge in [-0.25, -0.2) is 4.98 Å². The summed E-state index contributed by atoms with van der Waals surface area (Å²) < 4.78 is 16.8. The summed E-state index contributed by atoms with van der Waals surface area (Å²) in [6, 6.07) is 13.0. The molecule has 2 aliphatic heterocycles. The maximum atomic E-state index is 12.5. The van der Waals surface area contributed by atoms with Crippen molar-refractivity contribution in [2.75, 3.05) is 49.7 Å². The van der Waals surface area contributed by atoms with E-state index in [4.69, 9.17) is 18.9 Å². The zero-order chi connectivity index (χ0) is 33.3. The summed E-state index contributed by atoms with van der Waals surface area (Å²) in [6.07, 6.45) is 5.96. The molecular formula is C35H39N5O7S. The van der Waals surface area contributed by atoms with Gasteiger partial charge in [0.25, 0.3) is 5.91 Å². The van der Waals surface area contributed by atoms with Gasteiger partial charge in [-0.3, -0.25) is 24.5 Å². The molecule has 1 atom stereocenters. The summed E-state index contributed by atoms with van der Waals surface area (Å²) in [4.78, 5) is 55.6. The Morgan fingerprint density at radius 1 is 1.04 bits per heavy atom. The molecule has 0 aliphatic carbocycles. The van der Waals surface area contributed by atoms with Gasteiger partial charge in [0.2, 0.25) is 17.7 Å². The number of imide groups is 1. The van der Waals surface area contributed by atoms with Crippen LogP contribution in [0.3, 0.4) is 0 Å². The minimum Gasteiger partial charge on any atom is -0.484 e. The highest BCUT2D eigenvalue weighted by Crippen LogP contribution is 2.34. The van der Waals surface area contributed by atoms with E-state index >= 15 is 0 Å². The molecule has 6 rings (SSSR count). The van der Waals surface area contributed by atoms with Crippen molar-refractivity contribution < 1.29 is 33.1 Å². The average Bonchev–Trinajstić information content (AvgIpc) is 3.76. The largest absolute Gasteiger partial charge is 0.484 e. The predicted octanol–water partition coefficient (Wildman–Crippen LogP) is 5.00. The first-order chi connectivity index (χ1) is 23.4. The molecule has 0 bridgehead atoms. The second kappa shape index (κ2) is 15.9. The highest BCUT2D eigenvalue weighted by Gasteiger charge is 2.30. The van der Waals surface area contributed by atoms with Gasteiger partial charge in [-0.05, 0) is 43.5 Å². The fourth-order valence-electron chi connectivity index (χ4n) is 5.84. The van der Waals surface area contributed by atoms with Gasteiger partial charge in [-0.2, -0.15) is 0 Å². The summed E-state index contributed by atoms with van der Waals surface area (Å²) in [7, 11) is 0. The van der Waals surface area contributed by atoms with E-state index in [9.17, 15) is 19.2 Å². The first-order valence-corrected chi connectivity index (χ1v) is 17.2. The lowest BCUT2D eigenvalue weighted by Gasteiger charge is -2.26. The third kappa shape index (κ3) is 8.58. The number of thiazole rings is 1. The van der Waals surface area contributed by atoms with Crippen molar-refractivity contribution in [2.45, 2.75) is 50.9 Å². The molecule has 252 valence electrons. The van der Waals surface area contributed by atoms with Crippen LogP contribution in [-0.2, 0) is 23.9 Å². The Bertz CT molecular complexity index is 1760. The summed E-state index contributed by atoms with van der Waals surface area (Å²) in [5.74, 6) is -0.659. The maximum Gasteiger partial charge on any atom is 0.257 e. The number of morpholine rings is 1. The molecule has 4 heterocycles. The van der Waals surface area contributed by atoms with E-state index in [0.29, 0.717) is 56.0 Å². The number of rotatable bonds is 14. The van der Waals surface area contributed by atoms with Gasteiger partial charge < -0.3 is 29.4 Å². The minimum absolute atomic E-state index is 0.0677. The summed E-state index contributed by atoms with van der Waals surface area (Å²) in [5.41, 5.74) is 3.76. The molecule has 48 heavy (non-hydrogen) atoms. The van der Waals surface area contributed by atoms with E-state index in [-0.39, 0.29) is 30.2 Å². The van der Waals surface area contributed by atoms with Crippen molar-refractivity contribution in [3.05, 3.63) is 59.7 Å². The monoisotopic (exact) mass is 673 g/mol. The first kappa shape index (κ1) is 33.2. The third-order valence-corrected chi connectivity index (χ3v) is 9.33. The number of unbranched alkanes of at least 4 members (excludes halogenated alkanes) is 3. The van der Waals surface area contributed by atoms with Crippen molar-refractivity contribution in [2.24, 2.45) is 0 Å². The lowest BCUT2D eigenvalue weighted by Crippen LogP contribution is -2.39. The third-order valence-electron chi connectivity index (χ3n) is 8.43. The number of aromatic nitrogens is 1. The van der Waals surface area contributed by atoms with Crippen LogP contribution in [0.2, 0.25) is 0 Å². The molecule has 0 saturated carbocycles. The number of nitrogens with one attached hydrogen (secondary N) is 3. The van der Waals surface area contributed by atoms with Crippen LogP contribution >= 0.6 is 11.3 Å². The molecule has 3 N–H and O–H groups in total. The van der Waals surface area contributed by atoms with Crippen molar-refractivity contribution in [3.63, 3.8) is 0 Å². The fourth-order valence-corrected chi connectivity index (χ4v) is 6.73. The number of carbonyl (C=O) groups is 4. The average molecular weight is 674 g/mol. The van der Waals surface area contributed by atoms with Crippen LogP contribution in [0.25, 0.3) is 22.2 Å². The number of hydrogen-bond acceptors (Lipinski definition) is 10. The van der Waals surface area contributed by atoms with Crippen LogP contribution in [0.4, 0.5) is 10.8 Å². The number of hydrogen-bond donors (Lipinski definition) is 3. The molecule has 2 saturated heterocycles. The number of piperidine rings is 1. The molecule has 2 fully saturated rings. The van der Waals surface area contributed by atoms with E-state index in [2.05, 4.69) is 20.9 Å². The summed E-state index contributed by atoms with van der Waals surface area (Å²) >= 11 is 1.61. The highest BCUT2D eigenvalue weighted by atomic mass is 32.1. The van der Waals surface area contributed by atoms with Crippen LogP contribution < -0.4 is 25.6 Å². The number of amides is 4. The Hall–Kier alpha value is -4.75. The Morgan fingerprint density at radius 3 is 2.75 bits per heavy atom. The molecule has 0 spiro atoms. The molecule has 0 radical (unpaired) electrons. The summed E-state index contributed by atoms with van der Waals surface area (Å²) in [6.45, 7) is 3.58. The Kier molecular flexibility index (Phi) is 11.0. The van der Waals surface area contributed by atoms with E-state index in [1.807, 2.05) is 35.7 Å². The quantitative estimate of drug-likeness (QED) is 0.124.